The molecule has 0 N–H and O–H groups in total. The van der Waals surface area contributed by atoms with Gasteiger partial charge in [-0.3, -0.25) is 0 Å². The molecule has 0 rings (SSSR count). The number of rotatable bonds is 6. The fourth-order valence-electron chi connectivity index (χ4n) is 0.266. The topological polar surface area (TPSA) is 35.5 Å². The maximum atomic E-state index is 12.2. The lowest BCUT2D eigenvalue weighted by molar-refractivity contribution is 0.0777. The van der Waals surface area contributed by atoms with Crippen molar-refractivity contribution in [2.75, 3.05) is 12.5 Å². The molecular weight excluding hydrogens is 193 g/mol. The SMILES string of the molecule is C=CCO[P+](=O)OC(F)CCl. The Hall–Kier alpha value is -0.0200. The standard InChI is InChI=1S/C5H8ClFO3P/c1-2-3-9-11(8)10-5(7)4-6/h2,5H,1,3-4H2/q+1. The molecule has 0 spiro atoms. The number of hydrogen-bond donors (Lipinski definition) is 0. The maximum Gasteiger partial charge on any atom is 0.700 e. The van der Waals surface area contributed by atoms with E-state index in [1.54, 1.807) is 0 Å². The van der Waals surface area contributed by atoms with E-state index in [4.69, 9.17) is 11.6 Å². The largest absolute Gasteiger partial charge is 0.700 e. The molecule has 0 aromatic carbocycles. The van der Waals surface area contributed by atoms with E-state index < -0.39 is 14.6 Å². The summed E-state index contributed by atoms with van der Waals surface area (Å²) in [6.07, 6.45) is -0.366. The quantitative estimate of drug-likeness (QED) is 0.376. The first-order chi connectivity index (χ1) is 5.20. The summed E-state index contributed by atoms with van der Waals surface area (Å²) < 4.78 is 31.3. The molecule has 6 heteroatoms. The summed E-state index contributed by atoms with van der Waals surface area (Å²) >= 11 is 5.03. The normalized spacial score (nSPS) is 14.2. The first-order valence-corrected chi connectivity index (χ1v) is 4.41. The van der Waals surface area contributed by atoms with Crippen LogP contribution in [0.2, 0.25) is 0 Å². The number of alkyl halides is 2. The van der Waals surface area contributed by atoms with Gasteiger partial charge in [0, 0.05) is 4.57 Å². The lowest BCUT2D eigenvalue weighted by atomic mass is 10.7. The third-order valence-corrected chi connectivity index (χ3v) is 1.62. The minimum absolute atomic E-state index is 0.0597. The Morgan fingerprint density at radius 2 is 2.45 bits per heavy atom. The molecule has 2 atom stereocenters. The van der Waals surface area contributed by atoms with Crippen LogP contribution in [0.25, 0.3) is 0 Å². The van der Waals surface area contributed by atoms with Gasteiger partial charge in [0.05, 0.1) is 5.88 Å². The van der Waals surface area contributed by atoms with Gasteiger partial charge in [0.2, 0.25) is 0 Å². The summed E-state index contributed by atoms with van der Waals surface area (Å²) in [6.45, 7) is 3.36. The highest BCUT2D eigenvalue weighted by Gasteiger charge is 2.25. The van der Waals surface area contributed by atoms with E-state index in [1.165, 1.54) is 6.08 Å². The van der Waals surface area contributed by atoms with Crippen molar-refractivity contribution < 1.29 is 18.0 Å². The molecule has 2 unspecified atom stereocenters. The van der Waals surface area contributed by atoms with Crippen molar-refractivity contribution in [1.29, 1.82) is 0 Å². The average molecular weight is 202 g/mol. The summed E-state index contributed by atoms with van der Waals surface area (Å²) in [5.41, 5.74) is 0. The van der Waals surface area contributed by atoms with Crippen LogP contribution in [0.5, 0.6) is 0 Å². The first-order valence-electron chi connectivity index (χ1n) is 2.78. The molecule has 0 saturated carbocycles. The highest BCUT2D eigenvalue weighted by atomic mass is 35.5. The molecule has 3 nitrogen and oxygen atoms in total. The van der Waals surface area contributed by atoms with Crippen LogP contribution >= 0.6 is 19.9 Å². The van der Waals surface area contributed by atoms with Crippen molar-refractivity contribution in [2.24, 2.45) is 0 Å². The Bertz CT molecular complexity index is 144. The molecule has 0 heterocycles. The Morgan fingerprint density at radius 3 is 2.91 bits per heavy atom. The Balaban J connectivity index is 3.43. The Labute approximate surface area is 70.1 Å². The molecule has 0 aromatic rings. The minimum atomic E-state index is -2.41. The summed E-state index contributed by atoms with van der Waals surface area (Å²) in [4.78, 5) is 0. The van der Waals surface area contributed by atoms with Gasteiger partial charge in [0.25, 0.3) is 6.36 Å². The second kappa shape index (κ2) is 6.68. The highest BCUT2D eigenvalue weighted by molar-refractivity contribution is 7.33. The second-order valence-corrected chi connectivity index (χ2v) is 2.70. The first kappa shape index (κ1) is 11.0. The molecule has 0 aliphatic carbocycles. The molecule has 64 valence electrons. The minimum Gasteiger partial charge on any atom is -0.209 e. The Kier molecular flexibility index (Phi) is 6.66. The average Bonchev–Trinajstić information content (AvgIpc) is 2.00. The summed E-state index contributed by atoms with van der Waals surface area (Å²) in [6, 6.07) is 0. The van der Waals surface area contributed by atoms with E-state index in [2.05, 4.69) is 15.6 Å². The fourth-order valence-corrected chi connectivity index (χ4v) is 0.966. The van der Waals surface area contributed by atoms with E-state index in [1.807, 2.05) is 0 Å². The third kappa shape index (κ3) is 6.38. The van der Waals surface area contributed by atoms with Gasteiger partial charge in [-0.1, -0.05) is 10.6 Å². The zero-order valence-corrected chi connectivity index (χ0v) is 7.35. The molecule has 0 amide bonds. The molecule has 0 fully saturated rings. The monoisotopic (exact) mass is 201 g/mol. The summed E-state index contributed by atoms with van der Waals surface area (Å²) in [5.74, 6) is -0.363. The van der Waals surface area contributed by atoms with E-state index in [9.17, 15) is 8.96 Å². The van der Waals surface area contributed by atoms with Gasteiger partial charge in [-0.2, -0.15) is 0 Å². The van der Waals surface area contributed by atoms with Crippen molar-refractivity contribution in [3.05, 3.63) is 12.7 Å². The van der Waals surface area contributed by atoms with Crippen molar-refractivity contribution in [2.45, 2.75) is 6.36 Å². The van der Waals surface area contributed by atoms with Gasteiger partial charge < -0.3 is 0 Å². The lowest BCUT2D eigenvalue weighted by Crippen LogP contribution is -2.02. The van der Waals surface area contributed by atoms with Crippen molar-refractivity contribution in [1.82, 2.24) is 0 Å². The highest BCUT2D eigenvalue weighted by Crippen LogP contribution is 2.26. The molecule has 0 aliphatic heterocycles. The molecule has 0 bridgehead atoms. The Morgan fingerprint density at radius 1 is 1.82 bits per heavy atom. The molecule has 0 saturated heterocycles. The van der Waals surface area contributed by atoms with Crippen LogP contribution in [0.1, 0.15) is 0 Å². The third-order valence-electron chi connectivity index (χ3n) is 0.620. The fraction of sp³-hybridized carbons (Fsp3) is 0.600. The van der Waals surface area contributed by atoms with Crippen LogP contribution in [0, 0.1) is 0 Å². The molecular formula is C5H8ClFO3P+. The van der Waals surface area contributed by atoms with E-state index >= 15 is 0 Å². The predicted molar refractivity (Wildman–Crippen MR) is 40.5 cm³/mol. The van der Waals surface area contributed by atoms with Crippen LogP contribution in [-0.4, -0.2) is 18.8 Å². The lowest BCUT2D eigenvalue weighted by Gasteiger charge is -1.91. The number of hydrogen-bond acceptors (Lipinski definition) is 3. The van der Waals surface area contributed by atoms with Crippen LogP contribution in [-0.2, 0) is 13.6 Å². The van der Waals surface area contributed by atoms with Gasteiger partial charge >= 0.3 is 8.25 Å². The van der Waals surface area contributed by atoms with Crippen LogP contribution in [0.3, 0.4) is 0 Å². The van der Waals surface area contributed by atoms with E-state index in [0.717, 1.165) is 0 Å². The van der Waals surface area contributed by atoms with Gasteiger partial charge in [-0.25, -0.2) is 4.39 Å². The van der Waals surface area contributed by atoms with E-state index in [-0.39, 0.29) is 12.5 Å². The van der Waals surface area contributed by atoms with Crippen molar-refractivity contribution >= 4 is 19.9 Å². The zero-order chi connectivity index (χ0) is 8.69. The molecule has 0 aliphatic rings. The van der Waals surface area contributed by atoms with Crippen molar-refractivity contribution in [3.63, 3.8) is 0 Å². The van der Waals surface area contributed by atoms with Crippen LogP contribution in [0.4, 0.5) is 4.39 Å². The van der Waals surface area contributed by atoms with Crippen LogP contribution < -0.4 is 0 Å². The zero-order valence-electron chi connectivity index (χ0n) is 5.70. The molecule has 0 aromatic heterocycles. The maximum absolute atomic E-state index is 12.2. The second-order valence-electron chi connectivity index (χ2n) is 1.48. The summed E-state index contributed by atoms with van der Waals surface area (Å²) in [7, 11) is -2.41. The van der Waals surface area contributed by atoms with Gasteiger partial charge in [0.1, 0.15) is 6.61 Å². The van der Waals surface area contributed by atoms with Crippen molar-refractivity contribution in [3.8, 4) is 0 Å². The number of halogens is 2. The molecule has 11 heavy (non-hydrogen) atoms. The summed E-state index contributed by atoms with van der Waals surface area (Å²) in [5, 5.41) is 0. The van der Waals surface area contributed by atoms with Gasteiger partial charge in [0.15, 0.2) is 0 Å². The van der Waals surface area contributed by atoms with Crippen LogP contribution in [0.15, 0.2) is 12.7 Å². The molecule has 0 radical (unpaired) electrons. The van der Waals surface area contributed by atoms with E-state index in [0.29, 0.717) is 0 Å². The smallest absolute Gasteiger partial charge is 0.209 e. The predicted octanol–water partition coefficient (Wildman–Crippen LogP) is 2.40. The van der Waals surface area contributed by atoms with Gasteiger partial charge in [-0.05, 0) is 0 Å². The van der Waals surface area contributed by atoms with Gasteiger partial charge in [-0.15, -0.1) is 22.7 Å².